The van der Waals surface area contributed by atoms with E-state index in [9.17, 15) is 4.79 Å². The molecule has 1 amide bonds. The van der Waals surface area contributed by atoms with Crippen molar-refractivity contribution in [2.24, 2.45) is 13.0 Å². The van der Waals surface area contributed by atoms with Crippen LogP contribution < -0.4 is 5.32 Å². The molecule has 0 fully saturated rings. The lowest BCUT2D eigenvalue weighted by Crippen LogP contribution is -2.30. The smallest absolute Gasteiger partial charge is 0.269 e. The minimum absolute atomic E-state index is 0.0406. The second kappa shape index (κ2) is 6.79. The number of aryl methyl sites for hydroxylation is 2. The average Bonchev–Trinajstić information content (AvgIpc) is 2.63. The Bertz CT molecular complexity index is 376. The molecular formula is C12H20BrN3O. The Balaban J connectivity index is 2.52. The van der Waals surface area contributed by atoms with Crippen LogP contribution in [0, 0.1) is 12.8 Å². The Kier molecular flexibility index (Phi) is 5.68. The molecule has 17 heavy (non-hydrogen) atoms. The molecule has 0 aliphatic carbocycles. The summed E-state index contributed by atoms with van der Waals surface area (Å²) in [4.78, 5) is 11.9. The van der Waals surface area contributed by atoms with Crippen LogP contribution in [-0.2, 0) is 7.05 Å². The normalized spacial score (nSPS) is 12.5. The first-order valence-electron chi connectivity index (χ1n) is 5.93. The van der Waals surface area contributed by atoms with Gasteiger partial charge in [-0.25, -0.2) is 0 Å². The van der Waals surface area contributed by atoms with Gasteiger partial charge in [0.1, 0.15) is 5.69 Å². The van der Waals surface area contributed by atoms with Crippen LogP contribution in [0.25, 0.3) is 0 Å². The summed E-state index contributed by atoms with van der Waals surface area (Å²) in [7, 11) is 1.79. The Morgan fingerprint density at radius 2 is 2.35 bits per heavy atom. The van der Waals surface area contributed by atoms with Crippen LogP contribution in [0.3, 0.4) is 0 Å². The van der Waals surface area contributed by atoms with Gasteiger partial charge in [-0.1, -0.05) is 29.3 Å². The number of carbonyl (C=O) groups is 1. The van der Waals surface area contributed by atoms with Crippen LogP contribution in [0.1, 0.15) is 35.9 Å². The van der Waals surface area contributed by atoms with Crippen LogP contribution >= 0.6 is 15.9 Å². The molecule has 0 bridgehead atoms. The molecule has 0 radical (unpaired) electrons. The van der Waals surface area contributed by atoms with E-state index < -0.39 is 0 Å². The highest BCUT2D eigenvalue weighted by molar-refractivity contribution is 9.09. The molecule has 0 spiro atoms. The summed E-state index contributed by atoms with van der Waals surface area (Å²) in [6.07, 6.45) is 2.16. The van der Waals surface area contributed by atoms with Gasteiger partial charge in [-0.2, -0.15) is 5.10 Å². The molecule has 5 heteroatoms. The zero-order valence-corrected chi connectivity index (χ0v) is 12.2. The third-order valence-corrected chi connectivity index (χ3v) is 3.34. The van der Waals surface area contributed by atoms with Gasteiger partial charge >= 0.3 is 0 Å². The third kappa shape index (κ3) is 4.15. The van der Waals surface area contributed by atoms with Crippen molar-refractivity contribution in [3.8, 4) is 0 Å². The first-order chi connectivity index (χ1) is 8.08. The van der Waals surface area contributed by atoms with Crippen molar-refractivity contribution in [1.82, 2.24) is 15.1 Å². The largest absolute Gasteiger partial charge is 0.350 e. The van der Waals surface area contributed by atoms with Crippen LogP contribution in [0.5, 0.6) is 0 Å². The monoisotopic (exact) mass is 301 g/mol. The Morgan fingerprint density at radius 1 is 1.65 bits per heavy atom. The lowest BCUT2D eigenvalue weighted by atomic mass is 10.0. The van der Waals surface area contributed by atoms with E-state index >= 15 is 0 Å². The summed E-state index contributed by atoms with van der Waals surface area (Å²) in [5.74, 6) is 0.494. The quantitative estimate of drug-likeness (QED) is 0.819. The predicted octanol–water partition coefficient (Wildman–Crippen LogP) is 2.27. The van der Waals surface area contributed by atoms with Gasteiger partial charge in [0, 0.05) is 18.9 Å². The Labute approximate surface area is 111 Å². The summed E-state index contributed by atoms with van der Waals surface area (Å²) in [5.41, 5.74) is 1.49. The lowest BCUT2D eigenvalue weighted by Gasteiger charge is -2.14. The number of nitrogens with one attached hydrogen (secondary N) is 1. The molecule has 0 saturated heterocycles. The summed E-state index contributed by atoms with van der Waals surface area (Å²) in [6, 6.07) is 1.81. The summed E-state index contributed by atoms with van der Waals surface area (Å²) < 4.78 is 1.62. The number of halogens is 1. The van der Waals surface area contributed by atoms with Crippen molar-refractivity contribution in [2.75, 3.05) is 11.9 Å². The molecular weight excluding hydrogens is 282 g/mol. The molecule has 0 aliphatic heterocycles. The van der Waals surface area contributed by atoms with E-state index in [4.69, 9.17) is 0 Å². The van der Waals surface area contributed by atoms with Gasteiger partial charge in [-0.05, 0) is 25.3 Å². The fraction of sp³-hybridized carbons (Fsp3) is 0.667. The van der Waals surface area contributed by atoms with E-state index in [0.29, 0.717) is 11.6 Å². The first kappa shape index (κ1) is 14.2. The SMILES string of the molecule is CCC(CCBr)CNC(=O)c1cc(C)nn1C. The summed E-state index contributed by atoms with van der Waals surface area (Å²) in [5, 5.41) is 8.11. The molecule has 4 nitrogen and oxygen atoms in total. The van der Waals surface area contributed by atoms with E-state index in [0.717, 1.165) is 30.4 Å². The molecule has 0 aliphatic rings. The molecule has 1 rings (SSSR count). The molecule has 96 valence electrons. The zero-order chi connectivity index (χ0) is 12.8. The number of hydrogen-bond acceptors (Lipinski definition) is 2. The number of amides is 1. The van der Waals surface area contributed by atoms with E-state index in [1.807, 2.05) is 6.92 Å². The molecule has 1 aromatic rings. The molecule has 0 aromatic carbocycles. The van der Waals surface area contributed by atoms with Crippen molar-refractivity contribution in [3.63, 3.8) is 0 Å². The highest BCUT2D eigenvalue weighted by Gasteiger charge is 2.13. The second-order valence-corrected chi connectivity index (χ2v) is 5.05. The molecule has 0 saturated carbocycles. The highest BCUT2D eigenvalue weighted by Crippen LogP contribution is 2.09. The van der Waals surface area contributed by atoms with Gasteiger partial charge in [0.15, 0.2) is 0 Å². The van der Waals surface area contributed by atoms with Crippen LogP contribution in [0.2, 0.25) is 0 Å². The number of hydrogen-bond donors (Lipinski definition) is 1. The van der Waals surface area contributed by atoms with Crippen molar-refractivity contribution < 1.29 is 4.79 Å². The number of alkyl halides is 1. The topological polar surface area (TPSA) is 46.9 Å². The minimum atomic E-state index is -0.0406. The minimum Gasteiger partial charge on any atom is -0.350 e. The number of nitrogens with zero attached hydrogens (tertiary/aromatic N) is 2. The maximum atomic E-state index is 11.9. The fourth-order valence-electron chi connectivity index (χ4n) is 1.76. The van der Waals surface area contributed by atoms with E-state index in [2.05, 4.69) is 33.3 Å². The average molecular weight is 302 g/mol. The van der Waals surface area contributed by atoms with Gasteiger partial charge in [0.2, 0.25) is 0 Å². The maximum absolute atomic E-state index is 11.9. The molecule has 1 aromatic heterocycles. The highest BCUT2D eigenvalue weighted by atomic mass is 79.9. The summed E-state index contributed by atoms with van der Waals surface area (Å²) >= 11 is 3.43. The van der Waals surface area contributed by atoms with Gasteiger partial charge in [-0.15, -0.1) is 0 Å². The van der Waals surface area contributed by atoms with E-state index in [1.165, 1.54) is 0 Å². The van der Waals surface area contributed by atoms with Crippen molar-refractivity contribution in [2.45, 2.75) is 26.7 Å². The number of carbonyl (C=O) groups excluding carboxylic acids is 1. The van der Waals surface area contributed by atoms with E-state index in [1.54, 1.807) is 17.8 Å². The third-order valence-electron chi connectivity index (χ3n) is 2.88. The van der Waals surface area contributed by atoms with Gasteiger partial charge in [-0.3, -0.25) is 9.48 Å². The Hall–Kier alpha value is -0.840. The molecule has 1 heterocycles. The molecule has 1 atom stereocenters. The van der Waals surface area contributed by atoms with Gasteiger partial charge in [0.05, 0.1) is 5.69 Å². The number of aromatic nitrogens is 2. The van der Waals surface area contributed by atoms with Gasteiger partial charge < -0.3 is 5.32 Å². The van der Waals surface area contributed by atoms with E-state index in [-0.39, 0.29) is 5.91 Å². The maximum Gasteiger partial charge on any atom is 0.269 e. The molecule has 1 unspecified atom stereocenters. The predicted molar refractivity (Wildman–Crippen MR) is 72.5 cm³/mol. The van der Waals surface area contributed by atoms with Crippen LogP contribution in [0.15, 0.2) is 6.07 Å². The first-order valence-corrected chi connectivity index (χ1v) is 7.05. The van der Waals surface area contributed by atoms with Crippen molar-refractivity contribution >= 4 is 21.8 Å². The van der Waals surface area contributed by atoms with Crippen molar-refractivity contribution in [3.05, 3.63) is 17.5 Å². The summed E-state index contributed by atoms with van der Waals surface area (Å²) in [6.45, 7) is 4.76. The van der Waals surface area contributed by atoms with Crippen molar-refractivity contribution in [1.29, 1.82) is 0 Å². The Morgan fingerprint density at radius 3 is 2.82 bits per heavy atom. The van der Waals surface area contributed by atoms with Gasteiger partial charge in [0.25, 0.3) is 5.91 Å². The standard InChI is InChI=1S/C12H20BrN3O/c1-4-10(5-6-13)8-14-12(17)11-7-9(2)15-16(11)3/h7,10H,4-6,8H2,1-3H3,(H,14,17). The zero-order valence-electron chi connectivity index (χ0n) is 10.7. The van der Waals surface area contributed by atoms with Crippen LogP contribution in [0.4, 0.5) is 0 Å². The lowest BCUT2D eigenvalue weighted by molar-refractivity contribution is 0.0937. The second-order valence-electron chi connectivity index (χ2n) is 4.26. The molecule has 1 N–H and O–H groups in total. The number of rotatable bonds is 6. The van der Waals surface area contributed by atoms with Crippen LogP contribution in [-0.4, -0.2) is 27.6 Å². The fourth-order valence-corrected chi connectivity index (χ4v) is 2.40.